The van der Waals surface area contributed by atoms with Gasteiger partial charge in [-0.3, -0.25) is 4.90 Å². The number of aromatic nitrogens is 2. The molecule has 1 unspecified atom stereocenters. The first-order chi connectivity index (χ1) is 19.6. The molecule has 0 bridgehead atoms. The van der Waals surface area contributed by atoms with Crippen molar-refractivity contribution in [3.63, 3.8) is 0 Å². The standard InChI is InChI=1S/C37H29N3/c1-37(2)30-19-11-9-17-26(30)28-21-29-27-18-10-12-20-34(27)40(35(29)22-31(28)37)36-38-32(24-13-5-3-6-14-24)23-33(39-36)25-15-7-4-8-16-25/h3-20,22-23,29H,21H2,1-2H3. The van der Waals surface area contributed by atoms with E-state index in [1.165, 1.54) is 39.2 Å². The minimum absolute atomic E-state index is 0.0493. The van der Waals surface area contributed by atoms with Crippen molar-refractivity contribution in [2.75, 3.05) is 4.90 Å². The predicted octanol–water partition coefficient (Wildman–Crippen LogP) is 9.08. The third-order valence-corrected chi connectivity index (χ3v) is 8.85. The highest BCUT2D eigenvalue weighted by Gasteiger charge is 2.45. The van der Waals surface area contributed by atoms with Gasteiger partial charge in [0.2, 0.25) is 5.95 Å². The zero-order valence-corrected chi connectivity index (χ0v) is 22.7. The number of hydrogen-bond donors (Lipinski definition) is 0. The van der Waals surface area contributed by atoms with Crippen LogP contribution in [-0.2, 0) is 5.41 Å². The summed E-state index contributed by atoms with van der Waals surface area (Å²) < 4.78 is 0. The molecule has 0 radical (unpaired) electrons. The van der Waals surface area contributed by atoms with Crippen LogP contribution in [0.1, 0.15) is 42.9 Å². The van der Waals surface area contributed by atoms with Gasteiger partial charge in [0.05, 0.1) is 17.1 Å². The summed E-state index contributed by atoms with van der Waals surface area (Å²) in [5.41, 5.74) is 13.5. The molecule has 0 amide bonds. The fourth-order valence-corrected chi connectivity index (χ4v) is 6.89. The Kier molecular flexibility index (Phi) is 4.99. The molecular formula is C37H29N3. The molecule has 8 rings (SSSR count). The lowest BCUT2D eigenvalue weighted by Crippen LogP contribution is -2.22. The molecule has 0 N–H and O–H groups in total. The molecule has 3 nitrogen and oxygen atoms in total. The predicted molar refractivity (Wildman–Crippen MR) is 163 cm³/mol. The van der Waals surface area contributed by atoms with E-state index < -0.39 is 0 Å². The summed E-state index contributed by atoms with van der Waals surface area (Å²) in [4.78, 5) is 12.8. The first-order valence-electron chi connectivity index (χ1n) is 14.0. The van der Waals surface area contributed by atoms with E-state index in [2.05, 4.69) is 128 Å². The number of rotatable bonds is 3. The Bertz CT molecular complexity index is 1790. The second kappa shape index (κ2) is 8.62. The Balaban J connectivity index is 1.35. The SMILES string of the molecule is CC1(C)C2=C(CC3C(=C2)N(c2nc(-c4ccccc4)cc(-c4ccccc4)n2)c2ccccc23)c2ccccc21. The Morgan fingerprint density at radius 3 is 2.00 bits per heavy atom. The van der Waals surface area contributed by atoms with E-state index in [1.807, 2.05) is 12.1 Å². The summed E-state index contributed by atoms with van der Waals surface area (Å²) >= 11 is 0. The molecule has 1 aliphatic heterocycles. The van der Waals surface area contributed by atoms with Crippen molar-refractivity contribution in [3.8, 4) is 22.5 Å². The quantitative estimate of drug-likeness (QED) is 0.240. The van der Waals surface area contributed by atoms with Crippen molar-refractivity contribution in [1.82, 2.24) is 9.97 Å². The first kappa shape index (κ1) is 23.2. The molecule has 2 aliphatic carbocycles. The summed E-state index contributed by atoms with van der Waals surface area (Å²) in [6.45, 7) is 4.72. The van der Waals surface area contributed by atoms with Crippen molar-refractivity contribution in [1.29, 1.82) is 0 Å². The molecule has 4 aromatic carbocycles. The van der Waals surface area contributed by atoms with E-state index in [9.17, 15) is 0 Å². The molecule has 1 aromatic heterocycles. The van der Waals surface area contributed by atoms with Crippen LogP contribution in [-0.4, -0.2) is 9.97 Å². The lowest BCUT2D eigenvalue weighted by molar-refractivity contribution is 0.646. The number of nitrogens with zero attached hydrogens (tertiary/aromatic N) is 3. The molecule has 5 aromatic rings. The van der Waals surface area contributed by atoms with Gasteiger partial charge in [0.15, 0.2) is 0 Å². The van der Waals surface area contributed by atoms with E-state index in [1.54, 1.807) is 0 Å². The zero-order chi connectivity index (χ0) is 26.8. The van der Waals surface area contributed by atoms with Crippen LogP contribution >= 0.6 is 0 Å². The van der Waals surface area contributed by atoms with Crippen LogP contribution in [0.2, 0.25) is 0 Å². The molecule has 3 aliphatic rings. The number of benzene rings is 4. The van der Waals surface area contributed by atoms with Crippen LogP contribution in [0, 0.1) is 0 Å². The number of para-hydroxylation sites is 1. The van der Waals surface area contributed by atoms with Gasteiger partial charge in [0, 0.05) is 28.2 Å². The Hall–Kier alpha value is -4.76. The topological polar surface area (TPSA) is 29.0 Å². The molecule has 3 heteroatoms. The van der Waals surface area contributed by atoms with Crippen molar-refractivity contribution < 1.29 is 0 Å². The summed E-state index contributed by atoms with van der Waals surface area (Å²) in [5, 5.41) is 0. The van der Waals surface area contributed by atoms with Gasteiger partial charge in [0.1, 0.15) is 0 Å². The smallest absolute Gasteiger partial charge is 0.235 e. The van der Waals surface area contributed by atoms with Gasteiger partial charge in [-0.15, -0.1) is 0 Å². The maximum absolute atomic E-state index is 5.22. The van der Waals surface area contributed by atoms with Crippen LogP contribution in [0.5, 0.6) is 0 Å². The largest absolute Gasteiger partial charge is 0.282 e. The molecule has 1 atom stereocenters. The van der Waals surface area contributed by atoms with Crippen LogP contribution in [0.25, 0.3) is 28.1 Å². The van der Waals surface area contributed by atoms with Crippen LogP contribution < -0.4 is 4.90 Å². The minimum Gasteiger partial charge on any atom is -0.282 e. The minimum atomic E-state index is -0.0493. The summed E-state index contributed by atoms with van der Waals surface area (Å²) in [6.07, 6.45) is 3.43. The van der Waals surface area contributed by atoms with Crippen molar-refractivity contribution in [2.45, 2.75) is 31.6 Å². The lowest BCUT2D eigenvalue weighted by Gasteiger charge is -2.30. The van der Waals surface area contributed by atoms with Crippen molar-refractivity contribution >= 4 is 17.2 Å². The third-order valence-electron chi connectivity index (χ3n) is 8.85. The number of anilines is 2. The fraction of sp³-hybridized carbons (Fsp3) is 0.135. The highest BCUT2D eigenvalue weighted by atomic mass is 15.3. The molecule has 40 heavy (non-hydrogen) atoms. The van der Waals surface area contributed by atoms with Gasteiger partial charge in [-0.2, -0.15) is 0 Å². The lowest BCUT2D eigenvalue weighted by atomic mass is 9.77. The molecule has 0 saturated carbocycles. The zero-order valence-electron chi connectivity index (χ0n) is 22.7. The van der Waals surface area contributed by atoms with Gasteiger partial charge in [0.25, 0.3) is 0 Å². The number of hydrogen-bond acceptors (Lipinski definition) is 3. The Morgan fingerprint density at radius 1 is 0.700 bits per heavy atom. The van der Waals surface area contributed by atoms with Gasteiger partial charge in [-0.25, -0.2) is 9.97 Å². The molecule has 0 fully saturated rings. The first-order valence-corrected chi connectivity index (χ1v) is 14.0. The van der Waals surface area contributed by atoms with Crippen LogP contribution in [0.4, 0.5) is 11.6 Å². The third kappa shape index (κ3) is 3.37. The monoisotopic (exact) mass is 515 g/mol. The molecule has 0 saturated heterocycles. The summed E-state index contributed by atoms with van der Waals surface area (Å²) in [7, 11) is 0. The van der Waals surface area contributed by atoms with Gasteiger partial charge in [-0.05, 0) is 52.5 Å². The average Bonchev–Trinajstić information content (AvgIpc) is 3.45. The molecule has 0 spiro atoms. The van der Waals surface area contributed by atoms with E-state index in [-0.39, 0.29) is 11.3 Å². The number of fused-ring (bicyclic) bond motifs is 5. The van der Waals surface area contributed by atoms with Crippen molar-refractivity contribution in [2.24, 2.45) is 0 Å². The second-order valence-electron chi connectivity index (χ2n) is 11.5. The van der Waals surface area contributed by atoms with Crippen LogP contribution in [0.3, 0.4) is 0 Å². The van der Waals surface area contributed by atoms with E-state index in [0.29, 0.717) is 0 Å². The second-order valence-corrected chi connectivity index (χ2v) is 11.5. The van der Waals surface area contributed by atoms with E-state index in [4.69, 9.17) is 9.97 Å². The van der Waals surface area contributed by atoms with E-state index >= 15 is 0 Å². The average molecular weight is 516 g/mol. The van der Waals surface area contributed by atoms with Crippen LogP contribution in [0.15, 0.2) is 133 Å². The summed E-state index contributed by atoms with van der Waals surface area (Å²) in [6, 6.07) is 40.7. The normalized spacial score (nSPS) is 18.1. The highest BCUT2D eigenvalue weighted by Crippen LogP contribution is 2.58. The van der Waals surface area contributed by atoms with Gasteiger partial charge < -0.3 is 0 Å². The highest BCUT2D eigenvalue weighted by molar-refractivity contribution is 5.88. The fourth-order valence-electron chi connectivity index (χ4n) is 6.89. The maximum Gasteiger partial charge on any atom is 0.235 e. The molecule has 2 heterocycles. The van der Waals surface area contributed by atoms with Gasteiger partial charge in [-0.1, -0.05) is 117 Å². The Morgan fingerprint density at radius 2 is 1.30 bits per heavy atom. The number of allylic oxidation sites excluding steroid dienone is 4. The maximum atomic E-state index is 5.22. The molecule has 192 valence electrons. The molecular weight excluding hydrogens is 486 g/mol. The summed E-state index contributed by atoms with van der Waals surface area (Å²) in [5.74, 6) is 0.986. The Labute approximate surface area is 235 Å². The van der Waals surface area contributed by atoms with Gasteiger partial charge >= 0.3 is 0 Å². The van der Waals surface area contributed by atoms with Crippen molar-refractivity contribution in [3.05, 3.63) is 149 Å². The van der Waals surface area contributed by atoms with E-state index in [0.717, 1.165) is 34.9 Å².